The van der Waals surface area contributed by atoms with Crippen molar-refractivity contribution >= 4 is 0 Å². The molecule has 1 unspecified atom stereocenters. The van der Waals surface area contributed by atoms with Crippen LogP contribution in [0.3, 0.4) is 0 Å². The molecule has 1 saturated heterocycles. The third kappa shape index (κ3) is 15.9. The van der Waals surface area contributed by atoms with Gasteiger partial charge in [0, 0.05) is 0 Å². The number of ether oxygens (including phenoxy) is 8. The molecule has 8 heteroatoms. The van der Waals surface area contributed by atoms with Crippen LogP contribution in [0, 0.1) is 0 Å². The minimum absolute atomic E-state index is 0.0841. The Kier molecular flexibility index (Phi) is 17.7. The lowest BCUT2D eigenvalue weighted by Crippen LogP contribution is -2.23. The Bertz CT molecular complexity index is 256. The van der Waals surface area contributed by atoms with Gasteiger partial charge in [-0.25, -0.2) is 0 Å². The van der Waals surface area contributed by atoms with Crippen molar-refractivity contribution in [1.82, 2.24) is 0 Å². The van der Waals surface area contributed by atoms with Crippen LogP contribution in [-0.2, 0) is 37.9 Å². The molecule has 0 aromatic carbocycles. The zero-order chi connectivity index (χ0) is 18.5. The normalized spacial score (nSPS) is 26.0. The zero-order valence-corrected chi connectivity index (χ0v) is 16.2. The van der Waals surface area contributed by atoms with Crippen LogP contribution in [0.25, 0.3) is 0 Å². The molecule has 0 radical (unpaired) electrons. The van der Waals surface area contributed by atoms with Gasteiger partial charge in [0.15, 0.2) is 0 Å². The number of hydrogen-bond acceptors (Lipinski definition) is 8. The van der Waals surface area contributed by atoms with E-state index in [0.717, 1.165) is 6.42 Å². The first kappa shape index (κ1) is 23.7. The minimum Gasteiger partial charge on any atom is -0.377 e. The quantitative estimate of drug-likeness (QED) is 0.665. The van der Waals surface area contributed by atoms with Crippen molar-refractivity contribution in [2.24, 2.45) is 0 Å². The highest BCUT2D eigenvalue weighted by atomic mass is 16.6. The van der Waals surface area contributed by atoms with Gasteiger partial charge in [0.25, 0.3) is 0 Å². The summed E-state index contributed by atoms with van der Waals surface area (Å²) in [5.74, 6) is 0. The Morgan fingerprint density at radius 2 is 0.769 bits per heavy atom. The molecule has 0 N–H and O–H groups in total. The van der Waals surface area contributed by atoms with Crippen molar-refractivity contribution in [1.29, 1.82) is 0 Å². The van der Waals surface area contributed by atoms with Gasteiger partial charge < -0.3 is 37.9 Å². The van der Waals surface area contributed by atoms with Gasteiger partial charge in [-0.3, -0.25) is 0 Å². The average molecular weight is 380 g/mol. The van der Waals surface area contributed by atoms with Crippen LogP contribution < -0.4 is 0 Å². The molecule has 26 heavy (non-hydrogen) atoms. The summed E-state index contributed by atoms with van der Waals surface area (Å²) >= 11 is 0. The van der Waals surface area contributed by atoms with E-state index < -0.39 is 0 Å². The van der Waals surface area contributed by atoms with Gasteiger partial charge in [0.2, 0.25) is 0 Å². The molecular weight excluding hydrogens is 344 g/mol. The van der Waals surface area contributed by atoms with E-state index in [9.17, 15) is 0 Å². The summed E-state index contributed by atoms with van der Waals surface area (Å²) in [6, 6.07) is 0. The van der Waals surface area contributed by atoms with Crippen molar-refractivity contribution in [2.75, 3.05) is 99.1 Å². The van der Waals surface area contributed by atoms with Crippen molar-refractivity contribution in [3.05, 3.63) is 0 Å². The summed E-state index contributed by atoms with van der Waals surface area (Å²) in [5, 5.41) is 0. The Morgan fingerprint density at radius 1 is 0.462 bits per heavy atom. The molecule has 156 valence electrons. The fourth-order valence-corrected chi connectivity index (χ4v) is 2.09. The van der Waals surface area contributed by atoms with Gasteiger partial charge >= 0.3 is 0 Å². The maximum atomic E-state index is 5.75. The lowest BCUT2D eigenvalue weighted by Gasteiger charge is -2.16. The predicted molar refractivity (Wildman–Crippen MR) is 95.8 cm³/mol. The molecule has 8 nitrogen and oxygen atoms in total. The smallest absolute Gasteiger partial charge is 0.0807 e. The molecule has 1 aliphatic heterocycles. The average Bonchev–Trinajstić information content (AvgIpc) is 2.66. The van der Waals surface area contributed by atoms with Crippen LogP contribution >= 0.6 is 0 Å². The molecule has 1 heterocycles. The van der Waals surface area contributed by atoms with E-state index in [1.54, 1.807) is 0 Å². The maximum Gasteiger partial charge on any atom is 0.0807 e. The van der Waals surface area contributed by atoms with Gasteiger partial charge in [-0.1, -0.05) is 6.92 Å². The molecule has 1 atom stereocenters. The standard InChI is InChI=1S/C18H36O8/c1-2-18-17-25-14-13-23-10-9-21-6-5-19-3-4-20-7-8-22-11-12-24-15-16-26-18/h18H,2-17H2,1H3. The highest BCUT2D eigenvalue weighted by Crippen LogP contribution is 1.99. The maximum absolute atomic E-state index is 5.75. The molecule has 0 aliphatic carbocycles. The molecule has 0 aromatic heterocycles. The molecule has 0 aromatic rings. The molecule has 1 aliphatic rings. The molecule has 0 saturated carbocycles. The van der Waals surface area contributed by atoms with Crippen molar-refractivity contribution < 1.29 is 37.9 Å². The molecule has 1 rings (SSSR count). The van der Waals surface area contributed by atoms with Crippen molar-refractivity contribution in [2.45, 2.75) is 19.4 Å². The van der Waals surface area contributed by atoms with Crippen LogP contribution in [0.1, 0.15) is 13.3 Å². The Hall–Kier alpha value is -0.320. The van der Waals surface area contributed by atoms with Gasteiger partial charge in [-0.15, -0.1) is 0 Å². The first-order valence-electron chi connectivity index (χ1n) is 9.59. The lowest BCUT2D eigenvalue weighted by molar-refractivity contribution is -0.0587. The highest BCUT2D eigenvalue weighted by Gasteiger charge is 2.06. The fraction of sp³-hybridized carbons (Fsp3) is 1.00. The topological polar surface area (TPSA) is 73.8 Å². The second-order valence-electron chi connectivity index (χ2n) is 5.65. The zero-order valence-electron chi connectivity index (χ0n) is 16.2. The van der Waals surface area contributed by atoms with Crippen LogP contribution in [-0.4, -0.2) is 105 Å². The summed E-state index contributed by atoms with van der Waals surface area (Å²) in [5.41, 5.74) is 0. The fourth-order valence-electron chi connectivity index (χ4n) is 2.09. The third-order valence-electron chi connectivity index (χ3n) is 3.57. The van der Waals surface area contributed by atoms with Gasteiger partial charge in [0.05, 0.1) is 105 Å². The van der Waals surface area contributed by atoms with Gasteiger partial charge in [0.1, 0.15) is 0 Å². The van der Waals surface area contributed by atoms with Crippen LogP contribution in [0.2, 0.25) is 0 Å². The Morgan fingerprint density at radius 3 is 1.12 bits per heavy atom. The van der Waals surface area contributed by atoms with Crippen molar-refractivity contribution in [3.63, 3.8) is 0 Å². The van der Waals surface area contributed by atoms with Gasteiger partial charge in [-0.05, 0) is 6.42 Å². The third-order valence-corrected chi connectivity index (χ3v) is 3.57. The van der Waals surface area contributed by atoms with Crippen LogP contribution in [0.15, 0.2) is 0 Å². The molecule has 0 amide bonds. The Balaban J connectivity index is 2.12. The predicted octanol–water partition coefficient (Wildman–Crippen LogP) is 0.911. The largest absolute Gasteiger partial charge is 0.377 e. The minimum atomic E-state index is 0.0841. The highest BCUT2D eigenvalue weighted by molar-refractivity contribution is 4.53. The Labute approximate surface area is 157 Å². The SMILES string of the molecule is CCC1COCCOCCOCCOCCOCCOCCOCCO1. The first-order chi connectivity index (χ1) is 12.9. The van der Waals surface area contributed by atoms with Crippen molar-refractivity contribution in [3.8, 4) is 0 Å². The van der Waals surface area contributed by atoms with E-state index in [2.05, 4.69) is 6.92 Å². The monoisotopic (exact) mass is 380 g/mol. The summed E-state index contributed by atoms with van der Waals surface area (Å²) < 4.78 is 44.0. The second kappa shape index (κ2) is 19.4. The summed E-state index contributed by atoms with van der Waals surface area (Å²) in [7, 11) is 0. The second-order valence-corrected chi connectivity index (χ2v) is 5.65. The summed E-state index contributed by atoms with van der Waals surface area (Å²) in [6.07, 6.45) is 0.987. The van der Waals surface area contributed by atoms with E-state index in [-0.39, 0.29) is 6.10 Å². The van der Waals surface area contributed by atoms with E-state index in [4.69, 9.17) is 37.9 Å². The summed E-state index contributed by atoms with van der Waals surface area (Å²) in [4.78, 5) is 0. The van der Waals surface area contributed by atoms with E-state index in [0.29, 0.717) is 99.1 Å². The first-order valence-corrected chi connectivity index (χ1v) is 9.59. The van der Waals surface area contributed by atoms with E-state index in [1.807, 2.05) is 0 Å². The molecule has 1 fully saturated rings. The van der Waals surface area contributed by atoms with Crippen LogP contribution in [0.4, 0.5) is 0 Å². The summed E-state index contributed by atoms with van der Waals surface area (Å²) in [6.45, 7) is 10.4. The van der Waals surface area contributed by atoms with E-state index >= 15 is 0 Å². The number of rotatable bonds is 1. The molecule has 0 bridgehead atoms. The lowest BCUT2D eigenvalue weighted by atomic mass is 10.3. The number of hydrogen-bond donors (Lipinski definition) is 0. The van der Waals surface area contributed by atoms with Gasteiger partial charge in [-0.2, -0.15) is 0 Å². The molecular formula is C18H36O8. The van der Waals surface area contributed by atoms with Crippen LogP contribution in [0.5, 0.6) is 0 Å². The molecule has 0 spiro atoms. The van der Waals surface area contributed by atoms with E-state index in [1.165, 1.54) is 0 Å².